The zero-order valence-electron chi connectivity index (χ0n) is 16.5. The minimum atomic E-state index is -3.81. The Morgan fingerprint density at radius 1 is 1.03 bits per heavy atom. The van der Waals surface area contributed by atoms with E-state index < -0.39 is 16.1 Å². The zero-order chi connectivity index (χ0) is 21.7. The summed E-state index contributed by atoms with van der Waals surface area (Å²) in [6.45, 7) is 1.68. The first-order valence-electron chi connectivity index (χ1n) is 9.79. The van der Waals surface area contributed by atoms with Gasteiger partial charge in [0.25, 0.3) is 15.9 Å². The molecule has 0 aromatic heterocycles. The Morgan fingerprint density at radius 3 is 2.33 bits per heavy atom. The van der Waals surface area contributed by atoms with Crippen LogP contribution in [0.5, 0.6) is 5.75 Å². The maximum absolute atomic E-state index is 12.6. The smallest absolute Gasteiger partial charge is 0.261 e. The van der Waals surface area contributed by atoms with Crippen LogP contribution in [-0.4, -0.2) is 26.5 Å². The highest BCUT2D eigenvalue weighted by atomic mass is 35.5. The first kappa shape index (κ1) is 22.7. The topological polar surface area (TPSA) is 84.5 Å². The maximum atomic E-state index is 12.6. The number of carbonyl (C=O) groups excluding carboxylic acids is 1. The number of rotatable bonds is 7. The highest BCUT2D eigenvalue weighted by molar-refractivity contribution is 7.92. The Balaban J connectivity index is 1.60. The molecule has 30 heavy (non-hydrogen) atoms. The predicted molar refractivity (Wildman–Crippen MR) is 119 cm³/mol. The van der Waals surface area contributed by atoms with Gasteiger partial charge in [-0.3, -0.25) is 9.52 Å². The van der Waals surface area contributed by atoms with E-state index in [1.165, 1.54) is 48.9 Å². The molecule has 0 saturated heterocycles. The van der Waals surface area contributed by atoms with Gasteiger partial charge in [0.1, 0.15) is 5.75 Å². The molecule has 1 amide bonds. The van der Waals surface area contributed by atoms with E-state index in [1.54, 1.807) is 6.92 Å². The molecule has 2 N–H and O–H groups in total. The molecule has 1 aliphatic carbocycles. The van der Waals surface area contributed by atoms with Crippen molar-refractivity contribution in [1.82, 2.24) is 5.32 Å². The fourth-order valence-electron chi connectivity index (χ4n) is 3.29. The van der Waals surface area contributed by atoms with Crippen LogP contribution >= 0.6 is 23.2 Å². The van der Waals surface area contributed by atoms with Crippen LogP contribution < -0.4 is 14.8 Å². The summed E-state index contributed by atoms with van der Waals surface area (Å²) in [5.74, 6) is 0.245. The molecule has 1 saturated carbocycles. The average molecular weight is 471 g/mol. The quantitative estimate of drug-likeness (QED) is 0.595. The third-order valence-electron chi connectivity index (χ3n) is 4.94. The van der Waals surface area contributed by atoms with Gasteiger partial charge in [0.15, 0.2) is 6.10 Å². The second kappa shape index (κ2) is 9.90. The van der Waals surface area contributed by atoms with E-state index in [0.717, 1.165) is 25.7 Å². The zero-order valence-corrected chi connectivity index (χ0v) is 18.9. The number of nitrogens with one attached hydrogen (secondary N) is 2. The molecule has 162 valence electrons. The molecular formula is C21H24Cl2N2O4S. The molecule has 6 nitrogen and oxygen atoms in total. The molecule has 0 spiro atoms. The van der Waals surface area contributed by atoms with Crippen LogP contribution in [0, 0.1) is 0 Å². The summed E-state index contributed by atoms with van der Waals surface area (Å²) in [6, 6.07) is 10.6. The van der Waals surface area contributed by atoms with Crippen molar-refractivity contribution in [2.75, 3.05) is 4.72 Å². The fraction of sp³-hybridized carbons (Fsp3) is 0.381. The van der Waals surface area contributed by atoms with Gasteiger partial charge in [0.05, 0.1) is 20.6 Å². The molecule has 9 heteroatoms. The first-order valence-corrected chi connectivity index (χ1v) is 12.0. The number of benzene rings is 2. The van der Waals surface area contributed by atoms with E-state index in [9.17, 15) is 13.2 Å². The van der Waals surface area contributed by atoms with E-state index >= 15 is 0 Å². The van der Waals surface area contributed by atoms with Crippen molar-refractivity contribution >= 4 is 44.8 Å². The summed E-state index contributed by atoms with van der Waals surface area (Å²) in [7, 11) is -3.81. The number of halogens is 2. The van der Waals surface area contributed by atoms with E-state index in [4.69, 9.17) is 27.9 Å². The van der Waals surface area contributed by atoms with Crippen molar-refractivity contribution in [3.05, 3.63) is 52.5 Å². The molecule has 0 unspecified atom stereocenters. The summed E-state index contributed by atoms with van der Waals surface area (Å²) in [5, 5.41) is 3.61. The molecule has 2 aromatic carbocycles. The van der Waals surface area contributed by atoms with Crippen LogP contribution in [0.25, 0.3) is 0 Å². The van der Waals surface area contributed by atoms with Gasteiger partial charge >= 0.3 is 0 Å². The van der Waals surface area contributed by atoms with Crippen LogP contribution in [0.15, 0.2) is 47.4 Å². The average Bonchev–Trinajstić information content (AvgIpc) is 2.71. The molecule has 0 heterocycles. The predicted octanol–water partition coefficient (Wildman–Crippen LogP) is 5.01. The Kier molecular flexibility index (Phi) is 7.50. The molecule has 0 aliphatic heterocycles. The minimum absolute atomic E-state index is 0.0558. The van der Waals surface area contributed by atoms with Gasteiger partial charge in [0.2, 0.25) is 0 Å². The van der Waals surface area contributed by atoms with Crippen LogP contribution in [0.2, 0.25) is 10.0 Å². The van der Waals surface area contributed by atoms with Gasteiger partial charge in [-0.1, -0.05) is 42.5 Å². The van der Waals surface area contributed by atoms with Crippen molar-refractivity contribution in [2.45, 2.75) is 56.1 Å². The van der Waals surface area contributed by atoms with Gasteiger partial charge in [-0.25, -0.2) is 8.42 Å². The van der Waals surface area contributed by atoms with Crippen molar-refractivity contribution in [1.29, 1.82) is 0 Å². The van der Waals surface area contributed by atoms with Gasteiger partial charge in [-0.2, -0.15) is 0 Å². The standard InChI is InChI=1S/C21H24Cl2N2O4S/c1-14(21(26)24-15-5-3-2-4-6-15)29-17-8-10-18(11-9-17)30(27,28)25-16-7-12-19(22)20(23)13-16/h7-15,25H,2-6H2,1H3,(H,24,26)/t14-/m0/s1. The van der Waals surface area contributed by atoms with E-state index in [-0.39, 0.29) is 21.9 Å². The lowest BCUT2D eigenvalue weighted by molar-refractivity contribution is -0.128. The third kappa shape index (κ3) is 6.03. The number of ether oxygens (including phenoxy) is 1. The molecule has 0 radical (unpaired) electrons. The second-order valence-electron chi connectivity index (χ2n) is 7.31. The number of sulfonamides is 1. The van der Waals surface area contributed by atoms with Crippen LogP contribution in [0.3, 0.4) is 0 Å². The summed E-state index contributed by atoms with van der Waals surface area (Å²) in [5.41, 5.74) is 0.303. The van der Waals surface area contributed by atoms with Crippen LogP contribution in [-0.2, 0) is 14.8 Å². The Bertz CT molecular complexity index is 991. The van der Waals surface area contributed by atoms with Gasteiger partial charge in [-0.15, -0.1) is 0 Å². The molecule has 2 aromatic rings. The van der Waals surface area contributed by atoms with E-state index in [0.29, 0.717) is 16.5 Å². The van der Waals surface area contributed by atoms with Gasteiger partial charge in [0, 0.05) is 6.04 Å². The Morgan fingerprint density at radius 2 is 1.70 bits per heavy atom. The normalized spacial score (nSPS) is 16.0. The van der Waals surface area contributed by atoms with Crippen molar-refractivity contribution in [2.24, 2.45) is 0 Å². The molecule has 1 atom stereocenters. The lowest BCUT2D eigenvalue weighted by Gasteiger charge is -2.24. The first-order chi connectivity index (χ1) is 14.2. The summed E-state index contributed by atoms with van der Waals surface area (Å²) in [4.78, 5) is 12.4. The Labute approximate surface area is 187 Å². The summed E-state index contributed by atoms with van der Waals surface area (Å²) < 4.78 is 33.3. The number of hydrogen-bond donors (Lipinski definition) is 2. The van der Waals surface area contributed by atoms with Crippen molar-refractivity contribution < 1.29 is 17.9 Å². The van der Waals surface area contributed by atoms with E-state index in [1.807, 2.05) is 0 Å². The number of carbonyl (C=O) groups is 1. The summed E-state index contributed by atoms with van der Waals surface area (Å²) >= 11 is 11.8. The number of amides is 1. The van der Waals surface area contributed by atoms with Crippen LogP contribution in [0.1, 0.15) is 39.0 Å². The SMILES string of the molecule is C[C@H](Oc1ccc(S(=O)(=O)Nc2ccc(Cl)c(Cl)c2)cc1)C(=O)NC1CCCCC1. The highest BCUT2D eigenvalue weighted by Crippen LogP contribution is 2.27. The van der Waals surface area contributed by atoms with Gasteiger partial charge in [-0.05, 0) is 62.2 Å². The number of hydrogen-bond acceptors (Lipinski definition) is 4. The molecule has 1 fully saturated rings. The second-order valence-corrected chi connectivity index (χ2v) is 9.81. The largest absolute Gasteiger partial charge is 0.481 e. The molecule has 3 rings (SSSR count). The molecular weight excluding hydrogens is 447 g/mol. The summed E-state index contributed by atoms with van der Waals surface area (Å²) in [6.07, 6.45) is 4.80. The number of anilines is 1. The fourth-order valence-corrected chi connectivity index (χ4v) is 4.64. The lowest BCUT2D eigenvalue weighted by atomic mass is 9.95. The lowest BCUT2D eigenvalue weighted by Crippen LogP contribution is -2.43. The molecule has 0 bridgehead atoms. The minimum Gasteiger partial charge on any atom is -0.481 e. The third-order valence-corrected chi connectivity index (χ3v) is 7.08. The Hall–Kier alpha value is -1.96. The van der Waals surface area contributed by atoms with Crippen molar-refractivity contribution in [3.63, 3.8) is 0 Å². The highest BCUT2D eigenvalue weighted by Gasteiger charge is 2.21. The monoisotopic (exact) mass is 470 g/mol. The maximum Gasteiger partial charge on any atom is 0.261 e. The van der Waals surface area contributed by atoms with Gasteiger partial charge < -0.3 is 10.1 Å². The van der Waals surface area contributed by atoms with Crippen molar-refractivity contribution in [3.8, 4) is 5.75 Å². The van der Waals surface area contributed by atoms with Crippen LogP contribution in [0.4, 0.5) is 5.69 Å². The van der Waals surface area contributed by atoms with E-state index in [2.05, 4.69) is 10.0 Å². The molecule has 1 aliphatic rings.